The van der Waals surface area contributed by atoms with Gasteiger partial charge in [0.1, 0.15) is 11.1 Å². The number of hydrogen-bond acceptors (Lipinski definition) is 5. The van der Waals surface area contributed by atoms with Gasteiger partial charge in [-0.1, -0.05) is 6.42 Å². The highest BCUT2D eigenvalue weighted by molar-refractivity contribution is 7.16. The molecule has 0 radical (unpaired) electrons. The summed E-state index contributed by atoms with van der Waals surface area (Å²) >= 11 is 1.57. The Morgan fingerprint density at radius 2 is 1.85 bits per heavy atom. The van der Waals surface area contributed by atoms with Gasteiger partial charge in [0.25, 0.3) is 0 Å². The Balaban J connectivity index is 1.67. The van der Waals surface area contributed by atoms with Crippen LogP contribution in [-0.2, 0) is 22.4 Å². The molecule has 6 nitrogen and oxygen atoms in total. The van der Waals surface area contributed by atoms with Gasteiger partial charge in [-0.25, -0.2) is 0 Å². The number of amides is 2. The number of thiophene rings is 1. The monoisotopic (exact) mass is 374 g/mol. The molecule has 0 spiro atoms. The van der Waals surface area contributed by atoms with Crippen molar-refractivity contribution in [2.24, 2.45) is 0 Å². The minimum absolute atomic E-state index is 0.0748. The maximum atomic E-state index is 12.7. The Bertz CT molecular complexity index is 729. The van der Waals surface area contributed by atoms with Gasteiger partial charge in [0.2, 0.25) is 11.8 Å². The van der Waals surface area contributed by atoms with E-state index < -0.39 is 0 Å². The van der Waals surface area contributed by atoms with E-state index in [1.54, 1.807) is 18.3 Å². The summed E-state index contributed by atoms with van der Waals surface area (Å²) in [5.74, 6) is 0.00897. The van der Waals surface area contributed by atoms with Crippen LogP contribution in [0.3, 0.4) is 0 Å². The molecule has 0 bridgehead atoms. The first-order chi connectivity index (χ1) is 12.5. The Hall–Kier alpha value is -1.91. The van der Waals surface area contributed by atoms with E-state index in [2.05, 4.69) is 16.3 Å². The molecule has 0 saturated carbocycles. The van der Waals surface area contributed by atoms with Crippen molar-refractivity contribution in [2.75, 3.05) is 31.5 Å². The lowest BCUT2D eigenvalue weighted by Gasteiger charge is -2.36. The number of nitrogens with zero attached hydrogens (tertiary/aromatic N) is 3. The average molecular weight is 375 g/mol. The van der Waals surface area contributed by atoms with Gasteiger partial charge in [-0.3, -0.25) is 14.5 Å². The zero-order valence-corrected chi connectivity index (χ0v) is 16.3. The van der Waals surface area contributed by atoms with Crippen LogP contribution in [0.15, 0.2) is 0 Å². The van der Waals surface area contributed by atoms with E-state index in [1.165, 1.54) is 11.3 Å². The lowest BCUT2D eigenvalue weighted by molar-refractivity contribution is -0.131. The first-order valence-electron chi connectivity index (χ1n) is 9.36. The molecule has 1 saturated heterocycles. The van der Waals surface area contributed by atoms with Gasteiger partial charge in [0, 0.05) is 38.0 Å². The Morgan fingerprint density at radius 1 is 1.15 bits per heavy atom. The highest BCUT2D eigenvalue weighted by Gasteiger charge is 2.28. The summed E-state index contributed by atoms with van der Waals surface area (Å²) in [5.41, 5.74) is 1.81. The number of aryl methyl sites for hydroxylation is 1. The van der Waals surface area contributed by atoms with Gasteiger partial charge in [0.15, 0.2) is 0 Å². The van der Waals surface area contributed by atoms with Crippen LogP contribution in [0.2, 0.25) is 0 Å². The Labute approximate surface area is 158 Å². The van der Waals surface area contributed by atoms with Crippen LogP contribution in [0, 0.1) is 11.3 Å². The molecule has 26 heavy (non-hydrogen) atoms. The fourth-order valence-electron chi connectivity index (χ4n) is 3.76. The molecule has 1 aliphatic heterocycles. The van der Waals surface area contributed by atoms with E-state index in [9.17, 15) is 14.9 Å². The number of rotatable bonds is 3. The van der Waals surface area contributed by atoms with Crippen LogP contribution in [0.25, 0.3) is 0 Å². The predicted molar refractivity (Wildman–Crippen MR) is 102 cm³/mol. The third kappa shape index (κ3) is 3.92. The molecule has 2 amide bonds. The van der Waals surface area contributed by atoms with Gasteiger partial charge in [0.05, 0.1) is 11.6 Å². The van der Waals surface area contributed by atoms with Crippen molar-refractivity contribution < 1.29 is 9.59 Å². The summed E-state index contributed by atoms with van der Waals surface area (Å²) in [6.45, 7) is 6.17. The molecular weight excluding hydrogens is 348 g/mol. The number of fused-ring (bicyclic) bond motifs is 1. The predicted octanol–water partition coefficient (Wildman–Crippen LogP) is 2.38. The quantitative estimate of drug-likeness (QED) is 0.824. The number of carbonyl (C=O) groups excluding carboxylic acids is 2. The van der Waals surface area contributed by atoms with Gasteiger partial charge in [-0.05, 0) is 38.2 Å². The second-order valence-corrected chi connectivity index (χ2v) is 8.19. The lowest BCUT2D eigenvalue weighted by Crippen LogP contribution is -2.53. The van der Waals surface area contributed by atoms with Crippen molar-refractivity contribution in [1.82, 2.24) is 9.80 Å². The first-order valence-corrected chi connectivity index (χ1v) is 10.2. The van der Waals surface area contributed by atoms with E-state index in [-0.39, 0.29) is 17.9 Å². The summed E-state index contributed by atoms with van der Waals surface area (Å²) in [6.07, 6.45) is 5.42. The first kappa shape index (κ1) is 18.9. The standard InChI is InChI=1S/C19H26N4O2S/c1-13(22-8-10-23(11-9-22)14(2)24)18(25)21-19-16(12-20)15-6-4-3-5-7-17(15)26-19/h13H,3-11H2,1-2H3,(H,21,25). The van der Waals surface area contributed by atoms with Crippen molar-refractivity contribution in [2.45, 2.75) is 52.0 Å². The Morgan fingerprint density at radius 3 is 2.50 bits per heavy atom. The van der Waals surface area contributed by atoms with Crippen LogP contribution in [-0.4, -0.2) is 53.8 Å². The molecule has 0 aromatic carbocycles. The van der Waals surface area contributed by atoms with Gasteiger partial charge >= 0.3 is 0 Å². The molecule has 2 heterocycles. The van der Waals surface area contributed by atoms with E-state index >= 15 is 0 Å². The van der Waals surface area contributed by atoms with Crippen LogP contribution in [0.1, 0.15) is 49.1 Å². The zero-order valence-electron chi connectivity index (χ0n) is 15.5. The fourth-order valence-corrected chi connectivity index (χ4v) is 5.00. The topological polar surface area (TPSA) is 76.4 Å². The van der Waals surface area contributed by atoms with Crippen LogP contribution < -0.4 is 5.32 Å². The van der Waals surface area contributed by atoms with Crippen molar-refractivity contribution in [3.8, 4) is 6.07 Å². The van der Waals surface area contributed by atoms with Crippen LogP contribution in [0.4, 0.5) is 5.00 Å². The average Bonchev–Trinajstić information content (AvgIpc) is 2.80. The maximum absolute atomic E-state index is 12.7. The molecule has 1 aromatic rings. The van der Waals surface area contributed by atoms with Gasteiger partial charge < -0.3 is 10.2 Å². The number of nitriles is 1. The molecule has 2 aliphatic rings. The molecule has 1 aliphatic carbocycles. The minimum atomic E-state index is -0.280. The fraction of sp³-hybridized carbons (Fsp3) is 0.632. The highest BCUT2D eigenvalue weighted by Crippen LogP contribution is 2.37. The molecular formula is C19H26N4O2S. The molecule has 3 rings (SSSR count). The normalized spacial score (nSPS) is 19.2. The zero-order chi connectivity index (χ0) is 18.7. The second kappa shape index (κ2) is 8.19. The Kier molecular flexibility index (Phi) is 5.94. The highest BCUT2D eigenvalue weighted by atomic mass is 32.1. The summed E-state index contributed by atoms with van der Waals surface area (Å²) < 4.78 is 0. The summed E-state index contributed by atoms with van der Waals surface area (Å²) in [6, 6.07) is 2.03. The number of piperazine rings is 1. The lowest BCUT2D eigenvalue weighted by atomic mass is 10.1. The number of carbonyl (C=O) groups is 2. The molecule has 1 fully saturated rings. The molecule has 1 unspecified atom stereocenters. The van der Waals surface area contributed by atoms with E-state index in [1.807, 2.05) is 11.8 Å². The summed E-state index contributed by atoms with van der Waals surface area (Å²) in [5, 5.41) is 13.3. The molecule has 1 aromatic heterocycles. The largest absolute Gasteiger partial charge is 0.340 e. The summed E-state index contributed by atoms with van der Waals surface area (Å²) in [7, 11) is 0. The van der Waals surface area contributed by atoms with Gasteiger partial charge in [-0.2, -0.15) is 5.26 Å². The third-order valence-electron chi connectivity index (χ3n) is 5.46. The second-order valence-electron chi connectivity index (χ2n) is 7.09. The van der Waals surface area contributed by atoms with Crippen LogP contribution in [0.5, 0.6) is 0 Å². The number of hydrogen-bond donors (Lipinski definition) is 1. The van der Waals surface area contributed by atoms with Crippen molar-refractivity contribution in [3.05, 3.63) is 16.0 Å². The number of nitrogens with one attached hydrogen (secondary N) is 1. The van der Waals surface area contributed by atoms with Crippen molar-refractivity contribution >= 4 is 28.2 Å². The van der Waals surface area contributed by atoms with Crippen LogP contribution >= 0.6 is 11.3 Å². The van der Waals surface area contributed by atoms with Crippen molar-refractivity contribution in [3.63, 3.8) is 0 Å². The van der Waals surface area contributed by atoms with Gasteiger partial charge in [-0.15, -0.1) is 11.3 Å². The summed E-state index contributed by atoms with van der Waals surface area (Å²) in [4.78, 5) is 29.3. The minimum Gasteiger partial charge on any atom is -0.340 e. The SMILES string of the molecule is CC(=O)N1CCN(C(C)C(=O)Nc2sc3c(c2C#N)CCCCC3)CC1. The smallest absolute Gasteiger partial charge is 0.242 e. The van der Waals surface area contributed by atoms with E-state index in [0.29, 0.717) is 36.7 Å². The number of anilines is 1. The molecule has 7 heteroatoms. The maximum Gasteiger partial charge on any atom is 0.242 e. The molecule has 140 valence electrons. The van der Waals surface area contributed by atoms with E-state index in [4.69, 9.17) is 0 Å². The van der Waals surface area contributed by atoms with Crippen molar-refractivity contribution in [1.29, 1.82) is 5.26 Å². The molecule has 1 atom stereocenters. The van der Waals surface area contributed by atoms with E-state index in [0.717, 1.165) is 31.2 Å². The molecule has 1 N–H and O–H groups in total. The third-order valence-corrected chi connectivity index (χ3v) is 6.66.